The molecule has 15 heavy (non-hydrogen) atoms. The van der Waals surface area contributed by atoms with Gasteiger partial charge in [0.05, 0.1) is 7.11 Å². The van der Waals surface area contributed by atoms with Crippen molar-refractivity contribution in [1.29, 1.82) is 0 Å². The van der Waals surface area contributed by atoms with Gasteiger partial charge in [-0.15, -0.1) is 0 Å². The smallest absolute Gasteiger partial charge is 0.266 e. The third-order valence-corrected chi connectivity index (χ3v) is 1.82. The maximum absolute atomic E-state index is 11.0. The van der Waals surface area contributed by atoms with E-state index in [2.05, 4.69) is 10.5 Å². The third-order valence-electron chi connectivity index (χ3n) is 1.82. The lowest BCUT2D eigenvalue weighted by atomic mass is 10.2. The summed E-state index contributed by atoms with van der Waals surface area (Å²) in [4.78, 5) is 11.0. The first-order valence-electron chi connectivity index (χ1n) is 4.35. The Morgan fingerprint density at radius 2 is 2.33 bits per heavy atom. The van der Waals surface area contributed by atoms with E-state index in [-0.39, 0.29) is 0 Å². The monoisotopic (exact) mass is 208 g/mol. The van der Waals surface area contributed by atoms with E-state index in [1.165, 1.54) is 0 Å². The first kappa shape index (κ1) is 11.0. The number of amides is 1. The average molecular weight is 208 g/mol. The summed E-state index contributed by atoms with van der Waals surface area (Å²) in [5.41, 5.74) is 0.861. The van der Waals surface area contributed by atoms with Crippen molar-refractivity contribution >= 4 is 12.1 Å². The molecule has 1 rings (SSSR count). The number of rotatable bonds is 4. The van der Waals surface area contributed by atoms with E-state index >= 15 is 0 Å². The van der Waals surface area contributed by atoms with Crippen LogP contribution in [0.4, 0.5) is 0 Å². The highest BCUT2D eigenvalue weighted by molar-refractivity contribution is 6.25. The zero-order valence-corrected chi connectivity index (χ0v) is 8.30. The van der Waals surface area contributed by atoms with Crippen molar-refractivity contribution in [3.8, 4) is 5.75 Å². The minimum absolute atomic E-state index is 0.328. The summed E-state index contributed by atoms with van der Waals surface area (Å²) in [5, 5.41) is 13.3. The summed E-state index contributed by atoms with van der Waals surface area (Å²) >= 11 is 0. The highest BCUT2D eigenvalue weighted by atomic mass is 16.5. The van der Waals surface area contributed by atoms with Crippen LogP contribution in [0.25, 0.3) is 0 Å². The van der Waals surface area contributed by atoms with Crippen LogP contribution in [-0.4, -0.2) is 24.4 Å². The van der Waals surface area contributed by atoms with Gasteiger partial charge in [-0.2, -0.15) is 0 Å². The second kappa shape index (κ2) is 5.64. The summed E-state index contributed by atoms with van der Waals surface area (Å²) in [6.45, 7) is 0.328. The van der Waals surface area contributed by atoms with Crippen molar-refractivity contribution in [2.75, 3.05) is 7.11 Å². The van der Waals surface area contributed by atoms with Gasteiger partial charge in [-0.25, -0.2) is 0 Å². The molecular weight excluding hydrogens is 196 g/mol. The van der Waals surface area contributed by atoms with Crippen LogP contribution in [0.2, 0.25) is 0 Å². The Balaban J connectivity index is 2.60. The normalized spacial score (nSPS) is 10.2. The Labute approximate surface area is 87.4 Å². The average Bonchev–Trinajstić information content (AvgIpc) is 2.27. The van der Waals surface area contributed by atoms with Gasteiger partial charge in [0.25, 0.3) is 5.91 Å². The molecule has 0 saturated carbocycles. The first-order chi connectivity index (χ1) is 7.27. The Bertz CT molecular complexity index is 363. The van der Waals surface area contributed by atoms with Crippen LogP contribution in [0.15, 0.2) is 29.4 Å². The zero-order valence-electron chi connectivity index (χ0n) is 8.30. The van der Waals surface area contributed by atoms with E-state index in [1.807, 2.05) is 24.3 Å². The van der Waals surface area contributed by atoms with Gasteiger partial charge in [0.1, 0.15) is 12.0 Å². The maximum atomic E-state index is 11.0. The molecule has 0 aliphatic heterocycles. The van der Waals surface area contributed by atoms with Crippen molar-refractivity contribution in [3.05, 3.63) is 29.8 Å². The summed E-state index contributed by atoms with van der Waals surface area (Å²) in [7, 11) is 1.57. The second-order valence-corrected chi connectivity index (χ2v) is 2.77. The third kappa shape index (κ3) is 3.30. The molecule has 0 saturated heterocycles. The molecule has 0 atom stereocenters. The van der Waals surface area contributed by atoms with Crippen molar-refractivity contribution in [2.24, 2.45) is 5.16 Å². The van der Waals surface area contributed by atoms with Crippen LogP contribution < -0.4 is 10.1 Å². The SMILES string of the molecule is COc1ccccc1CNC(=O)C=NO. The minimum Gasteiger partial charge on any atom is -0.496 e. The number of hydrogen-bond donors (Lipinski definition) is 2. The number of methoxy groups -OCH3 is 1. The molecule has 1 aromatic rings. The number of nitrogens with one attached hydrogen (secondary N) is 1. The van der Waals surface area contributed by atoms with Crippen LogP contribution in [-0.2, 0) is 11.3 Å². The van der Waals surface area contributed by atoms with E-state index in [4.69, 9.17) is 9.94 Å². The fraction of sp³-hybridized carbons (Fsp3) is 0.200. The van der Waals surface area contributed by atoms with Gasteiger partial charge in [-0.3, -0.25) is 4.79 Å². The molecule has 1 amide bonds. The largest absolute Gasteiger partial charge is 0.496 e. The van der Waals surface area contributed by atoms with E-state index < -0.39 is 5.91 Å². The second-order valence-electron chi connectivity index (χ2n) is 2.77. The molecule has 0 fully saturated rings. The van der Waals surface area contributed by atoms with Crippen molar-refractivity contribution < 1.29 is 14.7 Å². The Hall–Kier alpha value is -2.04. The predicted octanol–water partition coefficient (Wildman–Crippen LogP) is 0.771. The molecule has 0 unspecified atom stereocenters. The number of ether oxygens (including phenoxy) is 1. The lowest BCUT2D eigenvalue weighted by Gasteiger charge is -2.07. The van der Waals surface area contributed by atoms with E-state index in [0.29, 0.717) is 12.3 Å². The molecule has 0 spiro atoms. The molecule has 5 nitrogen and oxygen atoms in total. The molecule has 0 aliphatic carbocycles. The number of hydrogen-bond acceptors (Lipinski definition) is 4. The van der Waals surface area contributed by atoms with E-state index in [9.17, 15) is 4.79 Å². The van der Waals surface area contributed by atoms with Gasteiger partial charge in [0.15, 0.2) is 0 Å². The van der Waals surface area contributed by atoms with Crippen LogP contribution >= 0.6 is 0 Å². The molecule has 0 radical (unpaired) electrons. The van der Waals surface area contributed by atoms with Gasteiger partial charge in [-0.1, -0.05) is 23.4 Å². The lowest BCUT2D eigenvalue weighted by Crippen LogP contribution is -2.23. The van der Waals surface area contributed by atoms with Crippen molar-refractivity contribution in [1.82, 2.24) is 5.32 Å². The van der Waals surface area contributed by atoms with Gasteiger partial charge in [0.2, 0.25) is 0 Å². The fourth-order valence-electron chi connectivity index (χ4n) is 1.13. The van der Waals surface area contributed by atoms with Crippen molar-refractivity contribution in [3.63, 3.8) is 0 Å². The predicted molar refractivity (Wildman–Crippen MR) is 55.1 cm³/mol. The van der Waals surface area contributed by atoms with E-state index in [1.54, 1.807) is 7.11 Å². The quantitative estimate of drug-likeness (QED) is 0.436. The van der Waals surface area contributed by atoms with Gasteiger partial charge in [0, 0.05) is 12.1 Å². The molecule has 1 aromatic carbocycles. The van der Waals surface area contributed by atoms with Crippen molar-refractivity contribution in [2.45, 2.75) is 6.54 Å². The Morgan fingerprint density at radius 3 is 3.00 bits per heavy atom. The molecular formula is C10H12N2O3. The van der Waals surface area contributed by atoms with Gasteiger partial charge >= 0.3 is 0 Å². The number of nitrogens with zero attached hydrogens (tertiary/aromatic N) is 1. The van der Waals surface area contributed by atoms with Crippen LogP contribution in [0.3, 0.4) is 0 Å². The van der Waals surface area contributed by atoms with Crippen LogP contribution in [0.5, 0.6) is 5.75 Å². The minimum atomic E-state index is -0.455. The molecule has 2 N–H and O–H groups in total. The zero-order chi connectivity index (χ0) is 11.1. The number of benzene rings is 1. The fourth-order valence-corrected chi connectivity index (χ4v) is 1.13. The Morgan fingerprint density at radius 1 is 1.60 bits per heavy atom. The Kier molecular flexibility index (Phi) is 4.15. The highest BCUT2D eigenvalue weighted by Gasteiger charge is 2.02. The molecule has 5 heteroatoms. The molecule has 0 aromatic heterocycles. The van der Waals surface area contributed by atoms with Crippen LogP contribution in [0, 0.1) is 0 Å². The van der Waals surface area contributed by atoms with Gasteiger partial charge in [-0.05, 0) is 6.07 Å². The van der Waals surface area contributed by atoms with Gasteiger partial charge < -0.3 is 15.3 Å². The summed E-state index contributed by atoms with van der Waals surface area (Å²) in [6.07, 6.45) is 0.801. The number of oxime groups is 1. The lowest BCUT2D eigenvalue weighted by molar-refractivity contribution is -0.114. The summed E-state index contributed by atoms with van der Waals surface area (Å²) in [5.74, 6) is 0.252. The summed E-state index contributed by atoms with van der Waals surface area (Å²) < 4.78 is 5.10. The molecule has 0 aliphatic rings. The number of para-hydroxylation sites is 1. The standard InChI is InChI=1S/C10H12N2O3/c1-15-9-5-3-2-4-8(9)6-11-10(13)7-12-14/h2-5,7,14H,6H2,1H3,(H,11,13). The highest BCUT2D eigenvalue weighted by Crippen LogP contribution is 2.16. The molecule has 0 heterocycles. The maximum Gasteiger partial charge on any atom is 0.266 e. The molecule has 80 valence electrons. The molecule has 0 bridgehead atoms. The summed E-state index contributed by atoms with van der Waals surface area (Å²) in [6, 6.07) is 7.35. The topological polar surface area (TPSA) is 70.9 Å². The number of carbonyl (C=O) groups excluding carboxylic acids is 1. The van der Waals surface area contributed by atoms with Crippen LogP contribution in [0.1, 0.15) is 5.56 Å². The van der Waals surface area contributed by atoms with E-state index in [0.717, 1.165) is 11.8 Å². The number of carbonyl (C=O) groups is 1. The first-order valence-corrected chi connectivity index (χ1v) is 4.35.